The normalized spacial score (nSPS) is 32.7. The van der Waals surface area contributed by atoms with Gasteiger partial charge in [-0.3, -0.25) is 19.1 Å². The lowest BCUT2D eigenvalue weighted by molar-refractivity contribution is -0.145. The third-order valence-corrected chi connectivity index (χ3v) is 14.7. The molecule has 0 spiro atoms. The molecular formula is C42H50FN7O4. The SMILES string of the molecule is Cn1ncnc1[C@H]1c2n[nH]c(=O)c3cc(F)cc(c23)N[C@@H]1c1ccc(NC(=O)CCCO[C@H]2CC[C@H]3[C@@H]4CC[C@H]5CC(=O)CC[C@]5(C)[C@H]4CC[C@]23C)cc1. The Labute approximate surface area is 314 Å². The van der Waals surface area contributed by atoms with E-state index in [2.05, 4.69) is 44.8 Å². The van der Waals surface area contributed by atoms with Gasteiger partial charge in [0, 0.05) is 49.7 Å². The van der Waals surface area contributed by atoms with Gasteiger partial charge in [-0.1, -0.05) is 26.0 Å². The molecule has 2 aromatic carbocycles. The van der Waals surface area contributed by atoms with Crippen LogP contribution in [-0.4, -0.2) is 49.4 Å². The lowest BCUT2D eigenvalue weighted by Gasteiger charge is -2.60. The van der Waals surface area contributed by atoms with Crippen molar-refractivity contribution in [2.45, 2.75) is 103 Å². The van der Waals surface area contributed by atoms with Crippen LogP contribution in [-0.2, 0) is 21.4 Å². The molecule has 5 aliphatic rings. The lowest BCUT2D eigenvalue weighted by atomic mass is 9.45. The minimum absolute atomic E-state index is 0.0599. The molecule has 3 heterocycles. The number of Topliss-reactive ketones (excluding diaryl/α,β-unsaturated/α-hetero) is 1. The van der Waals surface area contributed by atoms with Crippen LogP contribution in [0.15, 0.2) is 47.5 Å². The molecule has 0 saturated heterocycles. The Balaban J connectivity index is 0.818. The molecule has 4 aromatic rings. The Morgan fingerprint density at radius 3 is 2.65 bits per heavy atom. The zero-order valence-corrected chi connectivity index (χ0v) is 31.4. The van der Waals surface area contributed by atoms with E-state index in [0.29, 0.717) is 70.8 Å². The summed E-state index contributed by atoms with van der Waals surface area (Å²) in [7, 11) is 1.80. The van der Waals surface area contributed by atoms with E-state index in [9.17, 15) is 18.8 Å². The van der Waals surface area contributed by atoms with Crippen LogP contribution in [0.1, 0.15) is 114 Å². The van der Waals surface area contributed by atoms with E-state index >= 15 is 0 Å². The van der Waals surface area contributed by atoms with Crippen molar-refractivity contribution >= 4 is 33.8 Å². The van der Waals surface area contributed by atoms with Crippen molar-refractivity contribution in [1.29, 1.82) is 0 Å². The molecule has 3 N–H and O–H groups in total. The smallest absolute Gasteiger partial charge is 0.272 e. The van der Waals surface area contributed by atoms with Crippen LogP contribution in [0, 0.1) is 40.3 Å². The van der Waals surface area contributed by atoms with E-state index in [-0.39, 0.29) is 22.8 Å². The van der Waals surface area contributed by atoms with Gasteiger partial charge in [-0.25, -0.2) is 14.5 Å². The van der Waals surface area contributed by atoms with Crippen LogP contribution in [0.2, 0.25) is 0 Å². The van der Waals surface area contributed by atoms with Crippen molar-refractivity contribution in [1.82, 2.24) is 25.0 Å². The van der Waals surface area contributed by atoms with E-state index in [1.807, 2.05) is 24.3 Å². The molecule has 54 heavy (non-hydrogen) atoms. The quantitative estimate of drug-likeness (QED) is 0.161. The first kappa shape index (κ1) is 35.3. The van der Waals surface area contributed by atoms with E-state index < -0.39 is 23.3 Å². The number of ether oxygens (including phenoxy) is 1. The molecule has 0 unspecified atom stereocenters. The van der Waals surface area contributed by atoms with Crippen LogP contribution in [0.4, 0.5) is 15.8 Å². The molecule has 9 atom stereocenters. The van der Waals surface area contributed by atoms with Gasteiger partial charge in [-0.2, -0.15) is 10.2 Å². The Kier molecular flexibility index (Phi) is 8.74. The molecule has 11 nitrogen and oxygen atoms in total. The third kappa shape index (κ3) is 5.78. The molecule has 1 aliphatic heterocycles. The van der Waals surface area contributed by atoms with Crippen LogP contribution in [0.25, 0.3) is 10.8 Å². The minimum Gasteiger partial charge on any atom is -0.378 e. The number of benzene rings is 2. The van der Waals surface area contributed by atoms with E-state index in [4.69, 9.17) is 4.74 Å². The Bertz CT molecular complexity index is 2170. The van der Waals surface area contributed by atoms with Gasteiger partial charge in [0.15, 0.2) is 0 Å². The van der Waals surface area contributed by atoms with Gasteiger partial charge in [0.1, 0.15) is 23.8 Å². The zero-order valence-electron chi connectivity index (χ0n) is 31.4. The number of nitrogens with one attached hydrogen (secondary N) is 3. The first-order chi connectivity index (χ1) is 26.0. The second-order valence-corrected chi connectivity index (χ2v) is 17.3. The number of halogens is 1. The van der Waals surface area contributed by atoms with Gasteiger partial charge in [0.05, 0.1) is 29.1 Å². The summed E-state index contributed by atoms with van der Waals surface area (Å²) >= 11 is 0. The number of carbonyl (C=O) groups excluding carboxylic acids is 2. The van der Waals surface area contributed by atoms with Gasteiger partial charge in [0.2, 0.25) is 5.91 Å². The van der Waals surface area contributed by atoms with Crippen LogP contribution < -0.4 is 16.2 Å². The van der Waals surface area contributed by atoms with Crippen molar-refractivity contribution in [3.63, 3.8) is 0 Å². The van der Waals surface area contributed by atoms with Crippen molar-refractivity contribution < 1.29 is 18.7 Å². The summed E-state index contributed by atoms with van der Waals surface area (Å²) in [5.41, 5.74) is 2.66. The number of aromatic nitrogens is 5. The fourth-order valence-corrected chi connectivity index (χ4v) is 11.9. The highest BCUT2D eigenvalue weighted by molar-refractivity contribution is 5.97. The van der Waals surface area contributed by atoms with Gasteiger partial charge in [-0.05, 0) is 116 Å². The van der Waals surface area contributed by atoms with E-state index in [1.165, 1.54) is 50.6 Å². The second-order valence-electron chi connectivity index (χ2n) is 17.3. The highest BCUT2D eigenvalue weighted by Gasteiger charge is 2.60. The first-order valence-electron chi connectivity index (χ1n) is 19.9. The number of fused-ring (bicyclic) bond motifs is 5. The average Bonchev–Trinajstić information content (AvgIpc) is 3.73. The maximum absolute atomic E-state index is 14.7. The Morgan fingerprint density at radius 2 is 1.85 bits per heavy atom. The Hall–Kier alpha value is -4.45. The third-order valence-electron chi connectivity index (χ3n) is 14.7. The van der Waals surface area contributed by atoms with Gasteiger partial charge < -0.3 is 15.4 Å². The summed E-state index contributed by atoms with van der Waals surface area (Å²) in [6, 6.07) is 9.79. The fourth-order valence-electron chi connectivity index (χ4n) is 11.9. The number of nitrogens with zero attached hydrogens (tertiary/aromatic N) is 4. The molecule has 9 rings (SSSR count). The van der Waals surface area contributed by atoms with E-state index in [0.717, 1.165) is 43.1 Å². The van der Waals surface area contributed by atoms with E-state index in [1.54, 1.807) is 11.7 Å². The topological polar surface area (TPSA) is 144 Å². The zero-order chi connectivity index (χ0) is 37.4. The number of hydrogen-bond acceptors (Lipinski definition) is 8. The summed E-state index contributed by atoms with van der Waals surface area (Å²) in [4.78, 5) is 42.5. The van der Waals surface area contributed by atoms with Gasteiger partial charge in [0.25, 0.3) is 5.56 Å². The summed E-state index contributed by atoms with van der Waals surface area (Å²) < 4.78 is 22.9. The molecule has 0 radical (unpaired) electrons. The first-order valence-corrected chi connectivity index (χ1v) is 19.9. The number of ketones is 1. The largest absolute Gasteiger partial charge is 0.378 e. The lowest BCUT2D eigenvalue weighted by Crippen LogP contribution is -2.54. The number of aromatic amines is 1. The number of anilines is 2. The molecule has 12 heteroatoms. The predicted molar refractivity (Wildman–Crippen MR) is 202 cm³/mol. The number of H-pyrrole nitrogens is 1. The summed E-state index contributed by atoms with van der Waals surface area (Å²) in [5.74, 6) is 2.83. The van der Waals surface area contributed by atoms with Crippen molar-refractivity contribution in [2.24, 2.45) is 41.5 Å². The number of rotatable bonds is 8. The molecular weight excluding hydrogens is 686 g/mol. The highest BCUT2D eigenvalue weighted by Crippen LogP contribution is 2.66. The molecule has 4 aliphatic carbocycles. The Morgan fingerprint density at radius 1 is 1.04 bits per heavy atom. The number of hydrogen-bond donors (Lipinski definition) is 3. The number of carbonyl (C=O) groups is 2. The van der Waals surface area contributed by atoms with Crippen LogP contribution in [0.5, 0.6) is 0 Å². The molecule has 2 aromatic heterocycles. The fraction of sp³-hybridized carbons (Fsp3) is 0.571. The minimum atomic E-state index is -0.521. The summed E-state index contributed by atoms with van der Waals surface area (Å²) in [5, 5.41) is 18.5. The van der Waals surface area contributed by atoms with Crippen molar-refractivity contribution in [2.75, 3.05) is 17.2 Å². The average molecular weight is 736 g/mol. The molecule has 1 amide bonds. The highest BCUT2D eigenvalue weighted by atomic mass is 19.1. The predicted octanol–water partition coefficient (Wildman–Crippen LogP) is 7.21. The maximum Gasteiger partial charge on any atom is 0.272 e. The summed E-state index contributed by atoms with van der Waals surface area (Å²) in [6.07, 6.45) is 12.6. The second kappa shape index (κ2) is 13.4. The molecule has 4 saturated carbocycles. The number of amides is 1. The van der Waals surface area contributed by atoms with Gasteiger partial charge in [-0.15, -0.1) is 0 Å². The van der Waals surface area contributed by atoms with Crippen molar-refractivity contribution in [3.05, 3.63) is 76.0 Å². The number of aryl methyl sites for hydroxylation is 1. The molecule has 0 bridgehead atoms. The summed E-state index contributed by atoms with van der Waals surface area (Å²) in [6.45, 7) is 5.54. The van der Waals surface area contributed by atoms with Gasteiger partial charge >= 0.3 is 0 Å². The monoisotopic (exact) mass is 735 g/mol. The maximum atomic E-state index is 14.7. The van der Waals surface area contributed by atoms with Crippen LogP contribution >= 0.6 is 0 Å². The molecule has 4 fully saturated rings. The van der Waals surface area contributed by atoms with Crippen LogP contribution in [0.3, 0.4) is 0 Å². The molecule has 284 valence electrons. The standard InChI is InChI=1S/C42H50FN7O4/c1-41-16-14-27(51)19-24(41)8-11-28-30-12-13-33(42(30,2)17-15-31(28)41)54-18-4-5-34(52)46-26-9-6-23(7-10-26)37-36(39-44-22-45-50(39)3)38-35-29(40(53)49-48-38)20-25(43)21-32(35)47-37/h6-7,9-10,20-22,24,28,30-31,33,36-37,47H,4-5,8,11-19H2,1-3H3,(H,46,52)(H,49,53)/t24-,28-,30-,31-,33-,36+,37+,41-,42-/m0/s1. The van der Waals surface area contributed by atoms with Crippen molar-refractivity contribution in [3.8, 4) is 0 Å².